The van der Waals surface area contributed by atoms with Gasteiger partial charge in [-0.2, -0.15) is 0 Å². The molecule has 2 heterocycles. The molecule has 2 N–H and O–H groups in total. The zero-order valence-corrected chi connectivity index (χ0v) is 31.2. The summed E-state index contributed by atoms with van der Waals surface area (Å²) in [5, 5.41) is 16.4. The summed E-state index contributed by atoms with van der Waals surface area (Å²) in [6, 6.07) is 31.5. The van der Waals surface area contributed by atoms with Gasteiger partial charge in [-0.05, 0) is 53.4 Å². The van der Waals surface area contributed by atoms with E-state index in [-0.39, 0.29) is 34.9 Å². The van der Waals surface area contributed by atoms with Gasteiger partial charge in [0.1, 0.15) is 12.7 Å². The van der Waals surface area contributed by atoms with Gasteiger partial charge in [0.2, 0.25) is 18.3 Å². The van der Waals surface area contributed by atoms with Crippen LogP contribution in [0.5, 0.6) is 5.88 Å². The number of esters is 3. The molecule has 57 heavy (non-hydrogen) atoms. The molecule has 0 amide bonds. The van der Waals surface area contributed by atoms with E-state index in [0.29, 0.717) is 12.0 Å². The van der Waals surface area contributed by atoms with Crippen LogP contribution in [-0.2, 0) is 30.2 Å². The quantitative estimate of drug-likeness (QED) is 0.0807. The largest absolute Gasteiger partial charge is 0.481 e. The van der Waals surface area contributed by atoms with Crippen molar-refractivity contribution in [2.45, 2.75) is 63.4 Å². The second-order valence-electron chi connectivity index (χ2n) is 13.5. The van der Waals surface area contributed by atoms with Gasteiger partial charge in [0.05, 0.1) is 23.1 Å². The van der Waals surface area contributed by atoms with Crippen LogP contribution in [0.25, 0.3) is 6.08 Å². The normalized spacial score (nSPS) is 19.2. The van der Waals surface area contributed by atoms with Crippen LogP contribution in [-0.4, -0.2) is 76.6 Å². The standard InChI is InChI=1S/C44H41FN2O10/c1-27(2)37-33(25-29-23-21-28(22-24-29)13-12-20-35(48)49)40(47-46-37)57-44-39(56-43(52)32-18-10-5-11-19-32)38(55-42(51)31-16-8-4-9-17-31)36(45)34(54-44)26-53-41(50)30-14-6-3-7-15-30/h3-19,21-24,27,34,36,38-39,44H,20,25-26H2,1-2H3,(H,46,47)(H,48,49)/b13-12+. The first-order valence-corrected chi connectivity index (χ1v) is 18.3. The van der Waals surface area contributed by atoms with E-state index in [1.807, 2.05) is 38.1 Å². The van der Waals surface area contributed by atoms with Crippen LogP contribution in [0.4, 0.5) is 4.39 Å². The number of carboxylic acid groups (broad SMARTS) is 1. The van der Waals surface area contributed by atoms with E-state index in [9.17, 15) is 19.2 Å². The number of carbonyl (C=O) groups excluding carboxylic acids is 3. The second kappa shape index (κ2) is 18.8. The number of nitrogens with zero attached hydrogens (tertiary/aromatic N) is 1. The molecule has 0 aliphatic carbocycles. The van der Waals surface area contributed by atoms with Gasteiger partial charge < -0.3 is 28.8 Å². The SMILES string of the molecule is CC(C)c1[nH]nc(OC2OC(COC(=O)c3ccccc3)C(F)C(OC(=O)c3ccccc3)C2OC(=O)c2ccccc2)c1Cc1ccc(/C=C/CC(=O)O)cc1. The van der Waals surface area contributed by atoms with Crippen LogP contribution in [0.1, 0.15) is 79.6 Å². The number of carboxylic acids is 1. The molecule has 294 valence electrons. The molecule has 1 aromatic heterocycles. The Kier molecular flexibility index (Phi) is 13.2. The first-order chi connectivity index (χ1) is 27.6. The predicted molar refractivity (Wildman–Crippen MR) is 205 cm³/mol. The third-order valence-electron chi connectivity index (χ3n) is 9.09. The van der Waals surface area contributed by atoms with E-state index < -0.39 is 61.3 Å². The molecular formula is C44H41FN2O10. The number of aliphatic carboxylic acids is 1. The maximum atomic E-state index is 16.8. The van der Waals surface area contributed by atoms with Crippen LogP contribution in [0.15, 0.2) is 121 Å². The number of halogens is 1. The molecule has 6 rings (SSSR count). The van der Waals surface area contributed by atoms with Gasteiger partial charge >= 0.3 is 23.9 Å². The molecule has 5 unspecified atom stereocenters. The topological polar surface area (TPSA) is 163 Å². The highest BCUT2D eigenvalue weighted by Gasteiger charge is 2.53. The number of aromatic amines is 1. The van der Waals surface area contributed by atoms with Crippen LogP contribution in [0.2, 0.25) is 0 Å². The molecule has 0 saturated carbocycles. The highest BCUT2D eigenvalue weighted by atomic mass is 19.1. The van der Waals surface area contributed by atoms with Gasteiger partial charge in [0.25, 0.3) is 0 Å². The van der Waals surface area contributed by atoms with Crippen molar-refractivity contribution in [3.63, 3.8) is 0 Å². The number of rotatable bonds is 15. The van der Waals surface area contributed by atoms with Gasteiger partial charge in [-0.3, -0.25) is 9.89 Å². The first-order valence-electron chi connectivity index (χ1n) is 18.3. The molecule has 4 aromatic carbocycles. The zero-order chi connectivity index (χ0) is 40.3. The van der Waals surface area contributed by atoms with Gasteiger partial charge in [0.15, 0.2) is 12.3 Å². The van der Waals surface area contributed by atoms with Gasteiger partial charge in [-0.15, -0.1) is 5.10 Å². The number of carbonyl (C=O) groups is 4. The summed E-state index contributed by atoms with van der Waals surface area (Å²) in [5.74, 6) is -3.42. The zero-order valence-electron chi connectivity index (χ0n) is 31.2. The van der Waals surface area contributed by atoms with Gasteiger partial charge in [-0.1, -0.05) is 105 Å². The summed E-state index contributed by atoms with van der Waals surface area (Å²) in [6.07, 6.45) is -5.32. The lowest BCUT2D eigenvalue weighted by molar-refractivity contribution is -0.264. The molecule has 5 aromatic rings. The molecule has 1 saturated heterocycles. The fourth-order valence-electron chi connectivity index (χ4n) is 6.16. The van der Waals surface area contributed by atoms with E-state index in [1.54, 1.807) is 78.9 Å². The summed E-state index contributed by atoms with van der Waals surface area (Å²) in [7, 11) is 0. The Morgan fingerprint density at radius 1 is 0.789 bits per heavy atom. The Balaban J connectivity index is 1.34. The van der Waals surface area contributed by atoms with Crippen LogP contribution in [0, 0.1) is 0 Å². The van der Waals surface area contributed by atoms with Crippen molar-refractivity contribution in [3.8, 4) is 5.88 Å². The predicted octanol–water partition coefficient (Wildman–Crippen LogP) is 7.36. The van der Waals surface area contributed by atoms with E-state index in [2.05, 4.69) is 10.2 Å². The Morgan fingerprint density at radius 3 is 1.88 bits per heavy atom. The lowest BCUT2D eigenvalue weighted by atomic mass is 9.98. The van der Waals surface area contributed by atoms with Crippen molar-refractivity contribution in [1.29, 1.82) is 0 Å². The van der Waals surface area contributed by atoms with E-state index in [0.717, 1.165) is 16.8 Å². The minimum absolute atomic E-state index is 0.0537. The molecule has 1 aliphatic heterocycles. The average molecular weight is 777 g/mol. The Hall–Kier alpha value is -6.60. The molecular weight excluding hydrogens is 735 g/mol. The number of ether oxygens (including phenoxy) is 5. The monoisotopic (exact) mass is 776 g/mol. The highest BCUT2D eigenvalue weighted by molar-refractivity contribution is 5.91. The molecule has 1 aliphatic rings. The third kappa shape index (κ3) is 10.4. The number of nitrogens with one attached hydrogen (secondary N) is 1. The minimum atomic E-state index is -2.16. The molecule has 13 heteroatoms. The molecule has 1 fully saturated rings. The number of H-pyrrole nitrogens is 1. The van der Waals surface area contributed by atoms with Crippen molar-refractivity contribution in [3.05, 3.63) is 160 Å². The summed E-state index contributed by atoms with van der Waals surface area (Å²) >= 11 is 0. The van der Waals surface area contributed by atoms with Gasteiger partial charge in [-0.25, -0.2) is 18.8 Å². The Bertz CT molecular complexity index is 2160. The number of hydrogen-bond donors (Lipinski definition) is 2. The van der Waals surface area contributed by atoms with Crippen molar-refractivity contribution in [2.24, 2.45) is 0 Å². The number of alkyl halides is 1. The van der Waals surface area contributed by atoms with Gasteiger partial charge in [0, 0.05) is 17.7 Å². The van der Waals surface area contributed by atoms with Crippen LogP contribution >= 0.6 is 0 Å². The molecule has 0 radical (unpaired) electrons. The lowest BCUT2D eigenvalue weighted by Gasteiger charge is -2.41. The van der Waals surface area contributed by atoms with E-state index >= 15 is 4.39 Å². The summed E-state index contributed by atoms with van der Waals surface area (Å²) in [4.78, 5) is 50.9. The molecule has 12 nitrogen and oxygen atoms in total. The van der Waals surface area contributed by atoms with Crippen molar-refractivity contribution in [2.75, 3.05) is 6.61 Å². The Labute approximate surface area is 328 Å². The fraction of sp³-hybridized carbons (Fsp3) is 0.250. The highest BCUT2D eigenvalue weighted by Crippen LogP contribution is 2.35. The Morgan fingerprint density at radius 2 is 1.33 bits per heavy atom. The maximum absolute atomic E-state index is 16.8. The van der Waals surface area contributed by atoms with Crippen molar-refractivity contribution >= 4 is 30.0 Å². The second-order valence-corrected chi connectivity index (χ2v) is 13.5. The third-order valence-corrected chi connectivity index (χ3v) is 9.09. The minimum Gasteiger partial charge on any atom is -0.481 e. The van der Waals surface area contributed by atoms with Crippen molar-refractivity contribution < 1.29 is 52.4 Å². The first kappa shape index (κ1) is 40.1. The van der Waals surface area contributed by atoms with E-state index in [4.69, 9.17) is 28.8 Å². The lowest BCUT2D eigenvalue weighted by Crippen LogP contribution is -2.61. The summed E-state index contributed by atoms with van der Waals surface area (Å²) in [5.41, 5.74) is 3.51. The summed E-state index contributed by atoms with van der Waals surface area (Å²) < 4.78 is 46.5. The van der Waals surface area contributed by atoms with E-state index in [1.165, 1.54) is 24.3 Å². The number of benzene rings is 4. The van der Waals surface area contributed by atoms with Crippen molar-refractivity contribution in [1.82, 2.24) is 10.2 Å². The number of aromatic nitrogens is 2. The number of hydrogen-bond acceptors (Lipinski definition) is 10. The van der Waals surface area contributed by atoms with Crippen LogP contribution < -0.4 is 4.74 Å². The maximum Gasteiger partial charge on any atom is 0.338 e. The van der Waals surface area contributed by atoms with Crippen LogP contribution in [0.3, 0.4) is 0 Å². The molecule has 0 spiro atoms. The fourth-order valence-corrected chi connectivity index (χ4v) is 6.16. The molecule has 5 atom stereocenters. The molecule has 0 bridgehead atoms. The average Bonchev–Trinajstić information content (AvgIpc) is 3.62. The smallest absolute Gasteiger partial charge is 0.338 e. The summed E-state index contributed by atoms with van der Waals surface area (Å²) in [6.45, 7) is 3.32.